The summed E-state index contributed by atoms with van der Waals surface area (Å²) in [6, 6.07) is 6.58. The third kappa shape index (κ3) is 4.76. The van der Waals surface area contributed by atoms with Crippen LogP contribution >= 0.6 is 15.9 Å². The highest BCUT2D eigenvalue weighted by Crippen LogP contribution is 2.26. The SMILES string of the molecule is CC(C)CNCc1ccc(Br)cc1N1CCCOCC1. The van der Waals surface area contributed by atoms with Crippen molar-refractivity contribution in [1.82, 2.24) is 5.32 Å². The highest BCUT2D eigenvalue weighted by atomic mass is 79.9. The summed E-state index contributed by atoms with van der Waals surface area (Å²) >= 11 is 3.60. The lowest BCUT2D eigenvalue weighted by Gasteiger charge is -2.25. The van der Waals surface area contributed by atoms with E-state index in [0.717, 1.165) is 50.3 Å². The van der Waals surface area contributed by atoms with Crippen LogP contribution in [0.1, 0.15) is 25.8 Å². The Balaban J connectivity index is 2.09. The Kier molecular flexibility index (Phi) is 6.33. The molecule has 3 nitrogen and oxygen atoms in total. The largest absolute Gasteiger partial charge is 0.380 e. The first-order valence-electron chi connectivity index (χ1n) is 7.48. The maximum atomic E-state index is 5.56. The molecule has 1 aromatic carbocycles. The summed E-state index contributed by atoms with van der Waals surface area (Å²) in [6.07, 6.45) is 1.10. The Bertz CT molecular complexity index is 415. The van der Waals surface area contributed by atoms with Crippen molar-refractivity contribution >= 4 is 21.6 Å². The molecule has 1 aliphatic rings. The van der Waals surface area contributed by atoms with E-state index in [4.69, 9.17) is 4.74 Å². The summed E-state index contributed by atoms with van der Waals surface area (Å²) in [5.41, 5.74) is 2.71. The topological polar surface area (TPSA) is 24.5 Å². The first-order valence-corrected chi connectivity index (χ1v) is 8.28. The lowest BCUT2D eigenvalue weighted by atomic mass is 10.1. The minimum atomic E-state index is 0.681. The molecule has 0 unspecified atom stereocenters. The van der Waals surface area contributed by atoms with Crippen LogP contribution in [0.25, 0.3) is 0 Å². The lowest BCUT2D eigenvalue weighted by molar-refractivity contribution is 0.152. The zero-order valence-corrected chi connectivity index (χ0v) is 14.1. The number of anilines is 1. The van der Waals surface area contributed by atoms with E-state index in [-0.39, 0.29) is 0 Å². The van der Waals surface area contributed by atoms with E-state index in [9.17, 15) is 0 Å². The van der Waals surface area contributed by atoms with Crippen molar-refractivity contribution in [1.29, 1.82) is 0 Å². The Labute approximate surface area is 130 Å². The van der Waals surface area contributed by atoms with Crippen LogP contribution in [-0.2, 0) is 11.3 Å². The van der Waals surface area contributed by atoms with Crippen molar-refractivity contribution in [2.45, 2.75) is 26.8 Å². The molecule has 1 aromatic rings. The number of ether oxygens (including phenoxy) is 1. The molecule has 0 radical (unpaired) electrons. The number of nitrogens with one attached hydrogen (secondary N) is 1. The molecule has 0 bridgehead atoms. The highest BCUT2D eigenvalue weighted by Gasteiger charge is 2.14. The molecule has 112 valence electrons. The van der Waals surface area contributed by atoms with E-state index < -0.39 is 0 Å². The van der Waals surface area contributed by atoms with Gasteiger partial charge in [-0.3, -0.25) is 0 Å². The number of hydrogen-bond acceptors (Lipinski definition) is 3. The van der Waals surface area contributed by atoms with Crippen molar-refractivity contribution in [3.63, 3.8) is 0 Å². The van der Waals surface area contributed by atoms with Gasteiger partial charge in [0.25, 0.3) is 0 Å². The van der Waals surface area contributed by atoms with Gasteiger partial charge < -0.3 is 15.0 Å². The Morgan fingerprint density at radius 3 is 2.95 bits per heavy atom. The number of rotatable bonds is 5. The third-order valence-corrected chi connectivity index (χ3v) is 3.97. The summed E-state index contributed by atoms with van der Waals surface area (Å²) < 4.78 is 6.70. The normalized spacial score (nSPS) is 16.5. The number of halogens is 1. The Hall–Kier alpha value is -0.580. The van der Waals surface area contributed by atoms with E-state index >= 15 is 0 Å². The van der Waals surface area contributed by atoms with Crippen LogP contribution in [0.5, 0.6) is 0 Å². The standard InChI is InChI=1S/C16H25BrN2O/c1-13(2)11-18-12-14-4-5-15(17)10-16(14)19-6-3-8-20-9-7-19/h4-5,10,13,18H,3,6-9,11-12H2,1-2H3. The van der Waals surface area contributed by atoms with E-state index in [0.29, 0.717) is 5.92 Å². The average molecular weight is 341 g/mol. The van der Waals surface area contributed by atoms with Gasteiger partial charge in [-0.1, -0.05) is 35.8 Å². The maximum Gasteiger partial charge on any atom is 0.0641 e. The molecule has 1 aliphatic heterocycles. The van der Waals surface area contributed by atoms with Crippen LogP contribution in [0, 0.1) is 5.92 Å². The summed E-state index contributed by atoms with van der Waals surface area (Å²) in [4.78, 5) is 2.45. The van der Waals surface area contributed by atoms with E-state index in [2.05, 4.69) is 58.2 Å². The highest BCUT2D eigenvalue weighted by molar-refractivity contribution is 9.10. The van der Waals surface area contributed by atoms with Gasteiger partial charge in [-0.25, -0.2) is 0 Å². The van der Waals surface area contributed by atoms with Gasteiger partial charge in [0.2, 0.25) is 0 Å². The molecular weight excluding hydrogens is 316 g/mol. The minimum Gasteiger partial charge on any atom is -0.380 e. The van der Waals surface area contributed by atoms with Crippen molar-refractivity contribution in [2.75, 3.05) is 37.7 Å². The molecule has 20 heavy (non-hydrogen) atoms. The smallest absolute Gasteiger partial charge is 0.0641 e. The quantitative estimate of drug-likeness (QED) is 0.888. The van der Waals surface area contributed by atoms with Crippen LogP contribution in [0.15, 0.2) is 22.7 Å². The van der Waals surface area contributed by atoms with Crippen LogP contribution in [0.3, 0.4) is 0 Å². The van der Waals surface area contributed by atoms with Crippen LogP contribution in [-0.4, -0.2) is 32.8 Å². The predicted molar refractivity (Wildman–Crippen MR) is 88.3 cm³/mol. The Morgan fingerprint density at radius 1 is 1.30 bits per heavy atom. The predicted octanol–water partition coefficient (Wildman–Crippen LogP) is 3.42. The molecule has 1 N–H and O–H groups in total. The van der Waals surface area contributed by atoms with Gasteiger partial charge in [-0.05, 0) is 36.6 Å². The summed E-state index contributed by atoms with van der Waals surface area (Å²) in [5, 5.41) is 3.54. The second kappa shape index (κ2) is 8.01. The molecular formula is C16H25BrN2O. The molecule has 1 fully saturated rings. The molecule has 0 amide bonds. The molecule has 0 saturated carbocycles. The molecule has 1 saturated heterocycles. The van der Waals surface area contributed by atoms with Crippen molar-refractivity contribution < 1.29 is 4.74 Å². The number of nitrogens with zero attached hydrogens (tertiary/aromatic N) is 1. The van der Waals surface area contributed by atoms with Gasteiger partial charge >= 0.3 is 0 Å². The zero-order chi connectivity index (χ0) is 14.4. The summed E-state index contributed by atoms with van der Waals surface area (Å²) in [5.74, 6) is 0.681. The van der Waals surface area contributed by atoms with Crippen LogP contribution in [0.2, 0.25) is 0 Å². The molecule has 2 rings (SSSR count). The fraction of sp³-hybridized carbons (Fsp3) is 0.625. The second-order valence-corrected chi connectivity index (χ2v) is 6.67. The van der Waals surface area contributed by atoms with Crippen molar-refractivity contribution in [3.05, 3.63) is 28.2 Å². The van der Waals surface area contributed by atoms with Crippen LogP contribution < -0.4 is 10.2 Å². The molecule has 0 atom stereocenters. The fourth-order valence-corrected chi connectivity index (χ4v) is 2.81. The van der Waals surface area contributed by atoms with E-state index in [1.165, 1.54) is 11.3 Å². The molecule has 0 aromatic heterocycles. The first-order chi connectivity index (χ1) is 9.66. The van der Waals surface area contributed by atoms with E-state index in [1.54, 1.807) is 0 Å². The van der Waals surface area contributed by atoms with E-state index in [1.807, 2.05) is 0 Å². The number of benzene rings is 1. The summed E-state index contributed by atoms with van der Waals surface area (Å²) in [7, 11) is 0. The average Bonchev–Trinajstić information content (AvgIpc) is 2.69. The maximum absolute atomic E-state index is 5.56. The Morgan fingerprint density at radius 2 is 2.15 bits per heavy atom. The fourth-order valence-electron chi connectivity index (χ4n) is 2.46. The van der Waals surface area contributed by atoms with Crippen molar-refractivity contribution in [2.24, 2.45) is 5.92 Å². The summed E-state index contributed by atoms with van der Waals surface area (Å²) in [6.45, 7) is 10.2. The number of hydrogen-bond donors (Lipinski definition) is 1. The monoisotopic (exact) mass is 340 g/mol. The van der Waals surface area contributed by atoms with Crippen LogP contribution in [0.4, 0.5) is 5.69 Å². The van der Waals surface area contributed by atoms with Gasteiger partial charge in [-0.2, -0.15) is 0 Å². The first kappa shape index (κ1) is 15.8. The molecule has 4 heteroatoms. The van der Waals surface area contributed by atoms with Gasteiger partial charge in [-0.15, -0.1) is 0 Å². The van der Waals surface area contributed by atoms with Crippen molar-refractivity contribution in [3.8, 4) is 0 Å². The third-order valence-electron chi connectivity index (χ3n) is 3.48. The van der Waals surface area contributed by atoms with Gasteiger partial charge in [0.15, 0.2) is 0 Å². The van der Waals surface area contributed by atoms with Gasteiger partial charge in [0.05, 0.1) is 6.61 Å². The lowest BCUT2D eigenvalue weighted by Crippen LogP contribution is -2.28. The molecule has 1 heterocycles. The van der Waals surface area contributed by atoms with Gasteiger partial charge in [0.1, 0.15) is 0 Å². The zero-order valence-electron chi connectivity index (χ0n) is 12.5. The van der Waals surface area contributed by atoms with Gasteiger partial charge in [0, 0.05) is 36.4 Å². The molecule has 0 spiro atoms. The molecule has 0 aliphatic carbocycles. The second-order valence-electron chi connectivity index (χ2n) is 5.75. The minimum absolute atomic E-state index is 0.681.